The number of aryl methyl sites for hydroxylation is 2. The van der Waals surface area contributed by atoms with E-state index >= 15 is 0 Å². The number of nitrogens with zero attached hydrogens (tertiary/aromatic N) is 1. The summed E-state index contributed by atoms with van der Waals surface area (Å²) in [5.74, 6) is 0.817. The molecule has 0 unspecified atom stereocenters. The van der Waals surface area contributed by atoms with Gasteiger partial charge in [-0.15, -0.1) is 0 Å². The molecule has 0 spiro atoms. The Morgan fingerprint density at radius 2 is 1.76 bits per heavy atom. The molecule has 5 rings (SSSR count). The summed E-state index contributed by atoms with van der Waals surface area (Å²) in [5.41, 5.74) is 5.85. The normalized spacial score (nSPS) is 15.8. The van der Waals surface area contributed by atoms with Crippen LogP contribution in [0, 0.1) is 6.92 Å². The van der Waals surface area contributed by atoms with Crippen molar-refractivity contribution in [3.05, 3.63) is 69.1 Å². The maximum Gasteiger partial charge on any atom is 0.339 e. The molecular formula is C21H19NO3. The predicted octanol–water partition coefficient (Wildman–Crippen LogP) is 3.95. The minimum absolute atomic E-state index is 0.180. The highest BCUT2D eigenvalue weighted by Gasteiger charge is 2.26. The van der Waals surface area contributed by atoms with Crippen LogP contribution in [-0.4, -0.2) is 6.73 Å². The molecule has 4 nitrogen and oxygen atoms in total. The summed E-state index contributed by atoms with van der Waals surface area (Å²) in [6.07, 6.45) is 2.82. The Labute approximate surface area is 145 Å². The topological polar surface area (TPSA) is 42.7 Å². The van der Waals surface area contributed by atoms with Crippen LogP contribution in [0.3, 0.4) is 0 Å². The highest BCUT2D eigenvalue weighted by molar-refractivity contribution is 5.87. The Balaban J connectivity index is 1.65. The molecule has 126 valence electrons. The van der Waals surface area contributed by atoms with E-state index in [0.29, 0.717) is 18.9 Å². The van der Waals surface area contributed by atoms with Crippen molar-refractivity contribution in [2.24, 2.45) is 0 Å². The summed E-state index contributed by atoms with van der Waals surface area (Å²) in [4.78, 5) is 14.5. The Hall–Kier alpha value is -2.75. The molecule has 3 aromatic rings. The van der Waals surface area contributed by atoms with E-state index < -0.39 is 0 Å². The standard InChI is InChI=1S/C21H19NO3/c1-13-5-7-14(8-6-13)22-11-18-19(24-12-22)10-9-16-15-3-2-4-17(15)21(23)25-20(16)18/h5-10H,2-4,11-12H2,1H3. The van der Waals surface area contributed by atoms with Crippen LogP contribution in [0.2, 0.25) is 0 Å². The predicted molar refractivity (Wildman–Crippen MR) is 97.4 cm³/mol. The summed E-state index contributed by atoms with van der Waals surface area (Å²) in [7, 11) is 0. The van der Waals surface area contributed by atoms with E-state index in [1.165, 1.54) is 11.1 Å². The molecule has 2 heterocycles. The first-order valence-electron chi connectivity index (χ1n) is 8.75. The van der Waals surface area contributed by atoms with E-state index in [2.05, 4.69) is 36.1 Å². The minimum atomic E-state index is -0.180. The first kappa shape index (κ1) is 14.6. The third-order valence-electron chi connectivity index (χ3n) is 5.33. The van der Waals surface area contributed by atoms with Crippen LogP contribution in [0.1, 0.15) is 28.7 Å². The number of hydrogen-bond acceptors (Lipinski definition) is 4. The SMILES string of the molecule is Cc1ccc(N2COc3ccc4c5c(c(=O)oc4c3C2)CCC5)cc1. The lowest BCUT2D eigenvalue weighted by Gasteiger charge is -2.31. The Bertz CT molecular complexity index is 1030. The first-order valence-corrected chi connectivity index (χ1v) is 8.75. The molecule has 1 aliphatic heterocycles. The van der Waals surface area contributed by atoms with E-state index in [0.717, 1.165) is 47.2 Å². The lowest BCUT2D eigenvalue weighted by molar-refractivity contribution is 0.289. The van der Waals surface area contributed by atoms with E-state index in [1.54, 1.807) is 0 Å². The molecule has 0 N–H and O–H groups in total. The lowest BCUT2D eigenvalue weighted by atomic mass is 10.0. The Kier molecular flexibility index (Phi) is 3.14. The van der Waals surface area contributed by atoms with Crippen molar-refractivity contribution >= 4 is 16.7 Å². The zero-order valence-electron chi connectivity index (χ0n) is 14.2. The van der Waals surface area contributed by atoms with E-state index in [4.69, 9.17) is 9.15 Å². The summed E-state index contributed by atoms with van der Waals surface area (Å²) in [5, 5.41) is 1.07. The second-order valence-corrected chi connectivity index (χ2v) is 6.93. The highest BCUT2D eigenvalue weighted by Crippen LogP contribution is 2.37. The molecule has 0 fully saturated rings. The summed E-state index contributed by atoms with van der Waals surface area (Å²) in [6, 6.07) is 12.5. The van der Waals surface area contributed by atoms with Gasteiger partial charge >= 0.3 is 5.63 Å². The molecule has 2 aromatic carbocycles. The third-order valence-corrected chi connectivity index (χ3v) is 5.33. The average Bonchev–Trinajstić information content (AvgIpc) is 3.13. The van der Waals surface area contributed by atoms with Crippen LogP contribution >= 0.6 is 0 Å². The van der Waals surface area contributed by atoms with Gasteiger partial charge in [0.2, 0.25) is 0 Å². The molecule has 2 aliphatic rings. The van der Waals surface area contributed by atoms with Crippen molar-refractivity contribution in [1.29, 1.82) is 0 Å². The van der Waals surface area contributed by atoms with E-state index in [9.17, 15) is 4.79 Å². The molecular weight excluding hydrogens is 314 g/mol. The van der Waals surface area contributed by atoms with Crippen LogP contribution in [0.4, 0.5) is 5.69 Å². The van der Waals surface area contributed by atoms with Crippen LogP contribution in [0.15, 0.2) is 45.6 Å². The monoisotopic (exact) mass is 333 g/mol. The molecule has 0 saturated carbocycles. The first-order chi connectivity index (χ1) is 12.2. The van der Waals surface area contributed by atoms with Crippen LogP contribution in [-0.2, 0) is 19.4 Å². The maximum atomic E-state index is 12.4. The lowest BCUT2D eigenvalue weighted by Crippen LogP contribution is -2.32. The maximum absolute atomic E-state index is 12.4. The van der Waals surface area contributed by atoms with Gasteiger partial charge in [0.25, 0.3) is 0 Å². The third kappa shape index (κ3) is 2.24. The number of ether oxygens (including phenoxy) is 1. The van der Waals surface area contributed by atoms with Crippen LogP contribution < -0.4 is 15.3 Å². The van der Waals surface area contributed by atoms with Crippen molar-refractivity contribution in [2.45, 2.75) is 32.7 Å². The Morgan fingerprint density at radius 1 is 0.960 bits per heavy atom. The fourth-order valence-electron chi connectivity index (χ4n) is 3.97. The molecule has 0 saturated heterocycles. The van der Waals surface area contributed by atoms with E-state index in [-0.39, 0.29) is 5.63 Å². The van der Waals surface area contributed by atoms with Crippen molar-refractivity contribution < 1.29 is 9.15 Å². The van der Waals surface area contributed by atoms with Gasteiger partial charge in [0, 0.05) is 16.6 Å². The van der Waals surface area contributed by atoms with Crippen molar-refractivity contribution in [1.82, 2.24) is 0 Å². The minimum Gasteiger partial charge on any atom is -0.473 e. The summed E-state index contributed by atoms with van der Waals surface area (Å²) in [6.45, 7) is 3.25. The van der Waals surface area contributed by atoms with Gasteiger partial charge in [-0.05, 0) is 56.0 Å². The van der Waals surface area contributed by atoms with Crippen molar-refractivity contribution in [3.63, 3.8) is 0 Å². The molecule has 0 amide bonds. The number of hydrogen-bond donors (Lipinski definition) is 0. The quantitative estimate of drug-likeness (QED) is 0.633. The van der Waals surface area contributed by atoms with Crippen LogP contribution in [0.5, 0.6) is 5.75 Å². The zero-order valence-corrected chi connectivity index (χ0v) is 14.2. The zero-order chi connectivity index (χ0) is 17.0. The fourth-order valence-corrected chi connectivity index (χ4v) is 3.97. The number of benzene rings is 2. The Morgan fingerprint density at radius 3 is 2.60 bits per heavy atom. The van der Waals surface area contributed by atoms with Gasteiger partial charge < -0.3 is 14.1 Å². The number of rotatable bonds is 1. The number of fused-ring (bicyclic) bond motifs is 5. The van der Waals surface area contributed by atoms with Gasteiger partial charge in [0.1, 0.15) is 11.3 Å². The second-order valence-electron chi connectivity index (χ2n) is 6.93. The fraction of sp³-hybridized carbons (Fsp3) is 0.286. The molecule has 25 heavy (non-hydrogen) atoms. The largest absolute Gasteiger partial charge is 0.473 e. The molecule has 0 atom stereocenters. The summed E-state index contributed by atoms with van der Waals surface area (Å²) < 4.78 is 11.7. The second kappa shape index (κ2) is 5.38. The van der Waals surface area contributed by atoms with Crippen LogP contribution in [0.25, 0.3) is 11.0 Å². The number of anilines is 1. The molecule has 1 aliphatic carbocycles. The molecule has 1 aromatic heterocycles. The smallest absolute Gasteiger partial charge is 0.339 e. The van der Waals surface area contributed by atoms with Crippen molar-refractivity contribution in [2.75, 3.05) is 11.6 Å². The van der Waals surface area contributed by atoms with Gasteiger partial charge in [0.15, 0.2) is 6.73 Å². The van der Waals surface area contributed by atoms with E-state index in [1.807, 2.05) is 12.1 Å². The van der Waals surface area contributed by atoms with Crippen molar-refractivity contribution in [3.8, 4) is 5.75 Å². The molecule has 0 radical (unpaired) electrons. The molecule has 0 bridgehead atoms. The highest BCUT2D eigenvalue weighted by atomic mass is 16.5. The van der Waals surface area contributed by atoms with Gasteiger partial charge in [-0.2, -0.15) is 0 Å². The molecule has 4 heteroatoms. The average molecular weight is 333 g/mol. The van der Waals surface area contributed by atoms with Gasteiger partial charge in [-0.1, -0.05) is 17.7 Å². The van der Waals surface area contributed by atoms with Gasteiger partial charge in [-0.3, -0.25) is 0 Å². The van der Waals surface area contributed by atoms with Gasteiger partial charge in [-0.25, -0.2) is 4.79 Å². The summed E-state index contributed by atoms with van der Waals surface area (Å²) >= 11 is 0. The van der Waals surface area contributed by atoms with Gasteiger partial charge in [0.05, 0.1) is 12.1 Å².